The van der Waals surface area contributed by atoms with Crippen molar-refractivity contribution in [1.82, 2.24) is 20.2 Å². The number of nitro groups is 1. The summed E-state index contributed by atoms with van der Waals surface area (Å²) in [5.74, 6) is -2.66. The normalized spacial score (nSPS) is 12.9. The van der Waals surface area contributed by atoms with Crippen LogP contribution in [0.25, 0.3) is 0 Å². The fraction of sp³-hybridized carbons (Fsp3) is 0.682. The third-order valence-corrected chi connectivity index (χ3v) is 5.16. The summed E-state index contributed by atoms with van der Waals surface area (Å²) in [7, 11) is 0. The van der Waals surface area contributed by atoms with Gasteiger partial charge in [0.15, 0.2) is 11.6 Å². The second-order valence-corrected chi connectivity index (χ2v) is 8.76. The first-order chi connectivity index (χ1) is 16.3. The van der Waals surface area contributed by atoms with E-state index in [2.05, 4.69) is 15.6 Å². The first kappa shape index (κ1) is 29.7. The van der Waals surface area contributed by atoms with Crippen LogP contribution in [0.2, 0.25) is 0 Å². The third-order valence-electron chi connectivity index (χ3n) is 5.16. The van der Waals surface area contributed by atoms with Crippen LogP contribution in [0.3, 0.4) is 0 Å². The number of imidazole rings is 1. The molecule has 0 spiro atoms. The first-order valence-corrected chi connectivity index (χ1v) is 11.5. The van der Waals surface area contributed by atoms with Crippen LogP contribution in [0.5, 0.6) is 0 Å². The molecular weight excluding hydrogens is 462 g/mol. The summed E-state index contributed by atoms with van der Waals surface area (Å²) in [6.07, 6.45) is 0.788. The number of carboxylic acids is 1. The summed E-state index contributed by atoms with van der Waals surface area (Å²) in [4.78, 5) is 63.0. The number of amides is 1. The van der Waals surface area contributed by atoms with Crippen LogP contribution >= 0.6 is 0 Å². The van der Waals surface area contributed by atoms with Crippen molar-refractivity contribution in [2.45, 2.75) is 85.0 Å². The van der Waals surface area contributed by atoms with Crippen LogP contribution in [0, 0.1) is 23.0 Å². The lowest BCUT2D eigenvalue weighted by molar-refractivity contribution is -0.392. The Morgan fingerprint density at radius 3 is 2.31 bits per heavy atom. The molecule has 2 atom stereocenters. The van der Waals surface area contributed by atoms with Crippen LogP contribution < -0.4 is 10.6 Å². The molecular formula is C22H35N5O8. The summed E-state index contributed by atoms with van der Waals surface area (Å²) in [6.45, 7) is 8.49. The highest BCUT2D eigenvalue weighted by atomic mass is 16.6. The molecule has 0 saturated carbocycles. The molecule has 13 heteroatoms. The number of aryl methyl sites for hydroxylation is 1. The number of nitrogens with zero attached hydrogens (tertiary/aromatic N) is 3. The van der Waals surface area contributed by atoms with Crippen molar-refractivity contribution in [3.05, 3.63) is 22.1 Å². The number of Topliss-reactive ketones (excluding diaryl/α,β-unsaturated/α-hetero) is 1. The van der Waals surface area contributed by atoms with E-state index < -0.39 is 40.8 Å². The van der Waals surface area contributed by atoms with E-state index in [1.165, 1.54) is 4.57 Å². The molecule has 1 amide bonds. The number of ketones is 1. The van der Waals surface area contributed by atoms with E-state index in [9.17, 15) is 29.3 Å². The summed E-state index contributed by atoms with van der Waals surface area (Å²) in [5, 5.41) is 25.6. The fourth-order valence-electron chi connectivity index (χ4n) is 3.38. The molecule has 3 N–H and O–H groups in total. The second-order valence-electron chi connectivity index (χ2n) is 8.76. The van der Waals surface area contributed by atoms with Gasteiger partial charge in [0.2, 0.25) is 5.91 Å². The van der Waals surface area contributed by atoms with Crippen LogP contribution in [0.1, 0.15) is 59.2 Å². The van der Waals surface area contributed by atoms with E-state index in [-0.39, 0.29) is 56.5 Å². The Morgan fingerprint density at radius 1 is 1.14 bits per heavy atom. The monoisotopic (exact) mass is 497 g/mol. The molecule has 0 aliphatic heterocycles. The van der Waals surface area contributed by atoms with Gasteiger partial charge in [0.25, 0.3) is 0 Å². The van der Waals surface area contributed by atoms with Crippen molar-refractivity contribution in [3.8, 4) is 0 Å². The summed E-state index contributed by atoms with van der Waals surface area (Å²) in [6, 6.07) is -1.85. The Hall–Kier alpha value is -3.35. The predicted octanol–water partition coefficient (Wildman–Crippen LogP) is 1.36. The van der Waals surface area contributed by atoms with Crippen molar-refractivity contribution >= 4 is 29.4 Å². The number of rotatable bonds is 16. The SMILES string of the molecule is Cc1ncc([N+](=O)[O-])n1CCOC(=O)CCC(NC(=O)C(CCC(=O)O)NC(C)C)C(=O)C(C)C. The molecule has 196 valence electrons. The van der Waals surface area contributed by atoms with E-state index in [0.717, 1.165) is 6.20 Å². The number of carboxylic acid groups (broad SMARTS) is 1. The number of aliphatic carboxylic acids is 1. The van der Waals surface area contributed by atoms with Crippen LogP contribution in [-0.2, 0) is 30.5 Å². The molecule has 0 radical (unpaired) electrons. The first-order valence-electron chi connectivity index (χ1n) is 11.5. The van der Waals surface area contributed by atoms with Gasteiger partial charge in [0.05, 0.1) is 12.1 Å². The fourth-order valence-corrected chi connectivity index (χ4v) is 3.38. The average molecular weight is 498 g/mol. The van der Waals surface area contributed by atoms with Gasteiger partial charge in [-0.15, -0.1) is 0 Å². The molecule has 1 rings (SSSR count). The molecule has 0 aromatic carbocycles. The van der Waals surface area contributed by atoms with Gasteiger partial charge >= 0.3 is 17.8 Å². The van der Waals surface area contributed by atoms with Crippen LogP contribution in [-0.4, -0.2) is 67.9 Å². The Bertz CT molecular complexity index is 912. The standard InChI is InChI=1S/C22H35N5O8/c1-13(2)21(31)16(25-22(32)17(24-14(3)4)6-8-19(28)29)7-9-20(30)35-11-10-26-15(5)23-12-18(26)27(33)34/h12-14,16-17,24H,6-11H2,1-5H3,(H,25,32)(H,28,29). The molecule has 2 unspecified atom stereocenters. The quantitative estimate of drug-likeness (QED) is 0.171. The molecule has 0 aliphatic carbocycles. The Morgan fingerprint density at radius 2 is 1.77 bits per heavy atom. The minimum atomic E-state index is -1.04. The number of hydrogen-bond acceptors (Lipinski definition) is 9. The van der Waals surface area contributed by atoms with Gasteiger partial charge in [-0.3, -0.25) is 19.2 Å². The van der Waals surface area contributed by atoms with Crippen molar-refractivity contribution in [2.24, 2.45) is 5.92 Å². The molecule has 0 saturated heterocycles. The summed E-state index contributed by atoms with van der Waals surface area (Å²) in [5.41, 5.74) is 0. The van der Waals surface area contributed by atoms with Crippen molar-refractivity contribution in [1.29, 1.82) is 0 Å². The zero-order valence-electron chi connectivity index (χ0n) is 20.8. The van der Waals surface area contributed by atoms with Gasteiger partial charge < -0.3 is 30.6 Å². The summed E-state index contributed by atoms with van der Waals surface area (Å²) < 4.78 is 6.47. The van der Waals surface area contributed by atoms with Crippen molar-refractivity contribution in [3.63, 3.8) is 0 Å². The molecule has 1 aromatic heterocycles. The maximum Gasteiger partial charge on any atom is 0.342 e. The molecule has 0 aliphatic rings. The lowest BCUT2D eigenvalue weighted by atomic mass is 9.97. The molecule has 13 nitrogen and oxygen atoms in total. The highest BCUT2D eigenvalue weighted by Crippen LogP contribution is 2.14. The Kier molecular flexibility index (Phi) is 12.0. The number of hydrogen-bond donors (Lipinski definition) is 3. The molecule has 0 bridgehead atoms. The van der Waals surface area contributed by atoms with E-state index in [0.29, 0.717) is 5.82 Å². The minimum absolute atomic E-state index is 0.000827. The lowest BCUT2D eigenvalue weighted by Gasteiger charge is -2.25. The van der Waals surface area contributed by atoms with Gasteiger partial charge in [-0.2, -0.15) is 0 Å². The zero-order chi connectivity index (χ0) is 26.7. The maximum absolute atomic E-state index is 12.8. The van der Waals surface area contributed by atoms with Crippen molar-refractivity contribution < 1.29 is 33.9 Å². The number of nitrogens with one attached hydrogen (secondary N) is 2. The van der Waals surface area contributed by atoms with Crippen LogP contribution in [0.15, 0.2) is 6.20 Å². The minimum Gasteiger partial charge on any atom is -0.481 e. The zero-order valence-corrected chi connectivity index (χ0v) is 20.8. The van der Waals surface area contributed by atoms with E-state index in [4.69, 9.17) is 9.84 Å². The maximum atomic E-state index is 12.8. The van der Waals surface area contributed by atoms with Gasteiger partial charge in [-0.05, 0) is 17.8 Å². The second kappa shape index (κ2) is 14.1. The topological polar surface area (TPSA) is 183 Å². The van der Waals surface area contributed by atoms with E-state index >= 15 is 0 Å². The molecule has 35 heavy (non-hydrogen) atoms. The summed E-state index contributed by atoms with van der Waals surface area (Å²) >= 11 is 0. The predicted molar refractivity (Wildman–Crippen MR) is 125 cm³/mol. The third kappa shape index (κ3) is 10.2. The number of esters is 1. The number of carbonyl (C=O) groups is 4. The van der Waals surface area contributed by atoms with Crippen molar-refractivity contribution in [2.75, 3.05) is 6.61 Å². The van der Waals surface area contributed by atoms with Gasteiger partial charge in [-0.1, -0.05) is 27.7 Å². The Balaban J connectivity index is 2.72. The van der Waals surface area contributed by atoms with E-state index in [1.807, 2.05) is 13.8 Å². The van der Waals surface area contributed by atoms with Crippen LogP contribution in [0.4, 0.5) is 5.82 Å². The molecule has 1 aromatic rings. The lowest BCUT2D eigenvalue weighted by Crippen LogP contribution is -2.52. The van der Waals surface area contributed by atoms with Gasteiger partial charge in [0.1, 0.15) is 19.3 Å². The largest absolute Gasteiger partial charge is 0.481 e. The van der Waals surface area contributed by atoms with Gasteiger partial charge in [-0.25, -0.2) is 9.55 Å². The highest BCUT2D eigenvalue weighted by molar-refractivity contribution is 5.92. The number of ether oxygens (including phenoxy) is 1. The smallest absolute Gasteiger partial charge is 0.342 e. The molecule has 0 fully saturated rings. The number of aromatic nitrogens is 2. The van der Waals surface area contributed by atoms with E-state index in [1.54, 1.807) is 20.8 Å². The highest BCUT2D eigenvalue weighted by Gasteiger charge is 2.28. The van der Waals surface area contributed by atoms with Gasteiger partial charge in [0, 0.05) is 31.7 Å². The number of carbonyl (C=O) groups excluding carboxylic acids is 3. The Labute approximate surface area is 203 Å². The average Bonchev–Trinajstić information content (AvgIpc) is 3.13. The molecule has 1 heterocycles.